The van der Waals surface area contributed by atoms with Gasteiger partial charge in [0.15, 0.2) is 0 Å². The number of benzene rings is 1. The minimum Gasteiger partial charge on any atom is -0.497 e. The number of aromatic nitrogens is 2. The summed E-state index contributed by atoms with van der Waals surface area (Å²) in [4.78, 5) is 22.9. The maximum absolute atomic E-state index is 12.5. The molecule has 1 aromatic heterocycles. The molecule has 6 heteroatoms. The van der Waals surface area contributed by atoms with Crippen molar-refractivity contribution in [3.8, 4) is 5.75 Å². The third-order valence-electron chi connectivity index (χ3n) is 3.96. The van der Waals surface area contributed by atoms with E-state index in [0.717, 1.165) is 12.2 Å². The Morgan fingerprint density at radius 3 is 2.64 bits per heavy atom. The fourth-order valence-electron chi connectivity index (χ4n) is 2.60. The lowest BCUT2D eigenvalue weighted by molar-refractivity contribution is 0.0766. The van der Waals surface area contributed by atoms with Gasteiger partial charge in [0, 0.05) is 25.7 Å². The molecule has 0 saturated heterocycles. The summed E-state index contributed by atoms with van der Waals surface area (Å²) in [7, 11) is 1.66. The Hall–Kier alpha value is -2.63. The molecule has 2 rings (SSSR count). The second kappa shape index (κ2) is 9.01. The maximum Gasteiger partial charge on any atom is 0.272 e. The Kier molecular flexibility index (Phi) is 6.74. The normalized spacial score (nSPS) is 10.4. The van der Waals surface area contributed by atoms with Gasteiger partial charge in [0.1, 0.15) is 23.1 Å². The van der Waals surface area contributed by atoms with Crippen LogP contribution < -0.4 is 10.1 Å². The van der Waals surface area contributed by atoms with Crippen LogP contribution in [0.4, 0.5) is 5.82 Å². The van der Waals surface area contributed by atoms with E-state index in [1.54, 1.807) is 25.0 Å². The number of hydrogen-bond acceptors (Lipinski definition) is 5. The fourth-order valence-corrected chi connectivity index (χ4v) is 2.60. The summed E-state index contributed by atoms with van der Waals surface area (Å²) in [6.07, 6.45) is 0.833. The first-order chi connectivity index (χ1) is 12.1. The first-order valence-corrected chi connectivity index (χ1v) is 8.59. The van der Waals surface area contributed by atoms with Gasteiger partial charge in [-0.15, -0.1) is 0 Å². The van der Waals surface area contributed by atoms with Gasteiger partial charge in [0.25, 0.3) is 5.91 Å². The molecule has 1 amide bonds. The van der Waals surface area contributed by atoms with E-state index in [9.17, 15) is 4.79 Å². The van der Waals surface area contributed by atoms with E-state index < -0.39 is 0 Å². The number of ether oxygens (including phenoxy) is 1. The van der Waals surface area contributed by atoms with Gasteiger partial charge < -0.3 is 15.0 Å². The predicted molar refractivity (Wildman–Crippen MR) is 99.2 cm³/mol. The van der Waals surface area contributed by atoms with Crippen LogP contribution >= 0.6 is 0 Å². The van der Waals surface area contributed by atoms with Gasteiger partial charge >= 0.3 is 0 Å². The number of nitrogens with zero attached hydrogens (tertiary/aromatic N) is 3. The molecule has 1 heterocycles. The first kappa shape index (κ1) is 18.7. The summed E-state index contributed by atoms with van der Waals surface area (Å²) in [6.45, 7) is 7.76. The number of aryl methyl sites for hydroxylation is 1. The maximum atomic E-state index is 12.5. The Bertz CT molecular complexity index is 714. The number of methoxy groups -OCH3 is 1. The highest BCUT2D eigenvalue weighted by Gasteiger charge is 2.15. The molecular weight excluding hydrogens is 316 g/mol. The molecule has 0 aliphatic carbocycles. The smallest absolute Gasteiger partial charge is 0.272 e. The van der Waals surface area contributed by atoms with Gasteiger partial charge in [-0.3, -0.25) is 4.79 Å². The molecule has 1 aromatic carbocycles. The number of anilines is 1. The molecule has 0 radical (unpaired) electrons. The predicted octanol–water partition coefficient (Wildman–Crippen LogP) is 2.93. The average Bonchev–Trinajstić information content (AvgIpc) is 2.62. The summed E-state index contributed by atoms with van der Waals surface area (Å²) in [5, 5.41) is 3.28. The summed E-state index contributed by atoms with van der Waals surface area (Å²) < 4.78 is 5.24. The van der Waals surface area contributed by atoms with Gasteiger partial charge in [-0.2, -0.15) is 0 Å². The van der Waals surface area contributed by atoms with Crippen LogP contribution in [0.25, 0.3) is 0 Å². The molecule has 0 fully saturated rings. The van der Waals surface area contributed by atoms with Crippen molar-refractivity contribution in [1.29, 1.82) is 0 Å². The minimum atomic E-state index is -0.0636. The molecule has 0 aliphatic rings. The molecular formula is C19H26N4O2. The average molecular weight is 342 g/mol. The van der Waals surface area contributed by atoms with E-state index in [4.69, 9.17) is 4.74 Å². The van der Waals surface area contributed by atoms with E-state index >= 15 is 0 Å². The Morgan fingerprint density at radius 1 is 1.20 bits per heavy atom. The first-order valence-electron chi connectivity index (χ1n) is 8.59. The standard InChI is InChI=1S/C19H26N4O2/c1-5-23(6-2)19(24)17-13-18(22-14(3)21-17)20-11-10-15-8-7-9-16(12-15)25-4/h7-9,12-13H,5-6,10-11H2,1-4H3,(H,20,21,22). The Balaban J connectivity index is 2.03. The topological polar surface area (TPSA) is 67.4 Å². The molecule has 2 aromatic rings. The van der Waals surface area contributed by atoms with Crippen LogP contribution in [-0.4, -0.2) is 47.5 Å². The van der Waals surface area contributed by atoms with Gasteiger partial charge in [0.2, 0.25) is 0 Å². The quantitative estimate of drug-likeness (QED) is 0.799. The third-order valence-corrected chi connectivity index (χ3v) is 3.96. The molecule has 25 heavy (non-hydrogen) atoms. The molecule has 0 bridgehead atoms. The molecule has 0 unspecified atom stereocenters. The number of rotatable bonds is 8. The fraction of sp³-hybridized carbons (Fsp3) is 0.421. The van der Waals surface area contributed by atoms with Crippen LogP contribution in [0.1, 0.15) is 35.7 Å². The highest BCUT2D eigenvalue weighted by atomic mass is 16.5. The van der Waals surface area contributed by atoms with Crippen molar-refractivity contribution < 1.29 is 9.53 Å². The van der Waals surface area contributed by atoms with Crippen molar-refractivity contribution >= 4 is 11.7 Å². The second-order valence-electron chi connectivity index (χ2n) is 5.69. The summed E-state index contributed by atoms with van der Waals surface area (Å²) in [5.74, 6) is 2.04. The molecule has 6 nitrogen and oxygen atoms in total. The minimum absolute atomic E-state index is 0.0636. The number of nitrogens with one attached hydrogen (secondary N) is 1. The zero-order valence-corrected chi connectivity index (χ0v) is 15.4. The van der Waals surface area contributed by atoms with Crippen molar-refractivity contribution in [2.24, 2.45) is 0 Å². The zero-order valence-electron chi connectivity index (χ0n) is 15.4. The van der Waals surface area contributed by atoms with Crippen LogP contribution in [0.2, 0.25) is 0 Å². The van der Waals surface area contributed by atoms with Crippen LogP contribution in [0.15, 0.2) is 30.3 Å². The van der Waals surface area contributed by atoms with E-state index in [0.29, 0.717) is 37.0 Å². The number of hydrogen-bond donors (Lipinski definition) is 1. The monoisotopic (exact) mass is 342 g/mol. The lowest BCUT2D eigenvalue weighted by Crippen LogP contribution is -2.31. The van der Waals surface area contributed by atoms with Gasteiger partial charge in [0.05, 0.1) is 7.11 Å². The van der Waals surface area contributed by atoms with E-state index in [1.165, 1.54) is 5.56 Å². The lowest BCUT2D eigenvalue weighted by atomic mass is 10.1. The van der Waals surface area contributed by atoms with Crippen LogP contribution in [-0.2, 0) is 6.42 Å². The van der Waals surface area contributed by atoms with Crippen molar-refractivity contribution in [2.45, 2.75) is 27.2 Å². The highest BCUT2D eigenvalue weighted by molar-refractivity contribution is 5.93. The van der Waals surface area contributed by atoms with E-state index in [2.05, 4.69) is 21.4 Å². The highest BCUT2D eigenvalue weighted by Crippen LogP contribution is 2.14. The number of carbonyl (C=O) groups is 1. The Morgan fingerprint density at radius 2 is 1.96 bits per heavy atom. The van der Waals surface area contributed by atoms with Gasteiger partial charge in [-0.1, -0.05) is 12.1 Å². The van der Waals surface area contributed by atoms with Crippen LogP contribution in [0, 0.1) is 6.92 Å². The summed E-state index contributed by atoms with van der Waals surface area (Å²) >= 11 is 0. The lowest BCUT2D eigenvalue weighted by Gasteiger charge is -2.18. The van der Waals surface area contributed by atoms with Crippen molar-refractivity contribution in [2.75, 3.05) is 32.1 Å². The Labute approximate surface area is 149 Å². The van der Waals surface area contributed by atoms with Gasteiger partial charge in [-0.25, -0.2) is 9.97 Å². The van der Waals surface area contributed by atoms with Crippen LogP contribution in [0.5, 0.6) is 5.75 Å². The molecule has 0 atom stereocenters. The SMILES string of the molecule is CCN(CC)C(=O)c1cc(NCCc2cccc(OC)c2)nc(C)n1. The molecule has 0 spiro atoms. The van der Waals surface area contributed by atoms with Gasteiger partial charge in [-0.05, 0) is 44.9 Å². The number of amides is 1. The van der Waals surface area contributed by atoms with Crippen molar-refractivity contribution in [1.82, 2.24) is 14.9 Å². The molecule has 1 N–H and O–H groups in total. The molecule has 0 aliphatic heterocycles. The van der Waals surface area contributed by atoms with Crippen molar-refractivity contribution in [3.63, 3.8) is 0 Å². The van der Waals surface area contributed by atoms with Crippen LogP contribution in [0.3, 0.4) is 0 Å². The van der Waals surface area contributed by atoms with E-state index in [-0.39, 0.29) is 5.91 Å². The third kappa shape index (κ3) is 5.17. The van der Waals surface area contributed by atoms with Crippen molar-refractivity contribution in [3.05, 3.63) is 47.4 Å². The summed E-state index contributed by atoms with van der Waals surface area (Å²) in [6, 6.07) is 9.70. The largest absolute Gasteiger partial charge is 0.497 e. The van der Waals surface area contributed by atoms with E-state index in [1.807, 2.05) is 32.0 Å². The second-order valence-corrected chi connectivity index (χ2v) is 5.69. The molecule has 134 valence electrons. The molecule has 0 saturated carbocycles. The summed E-state index contributed by atoms with van der Waals surface area (Å²) in [5.41, 5.74) is 1.61. The number of carbonyl (C=O) groups excluding carboxylic acids is 1. The zero-order chi connectivity index (χ0) is 18.2.